The molecule has 0 spiro atoms. The van der Waals surface area contributed by atoms with Crippen molar-refractivity contribution in [1.82, 2.24) is 14.5 Å². The van der Waals surface area contributed by atoms with Gasteiger partial charge >= 0.3 is 0 Å². The summed E-state index contributed by atoms with van der Waals surface area (Å²) in [4.78, 5) is 19.5. The van der Waals surface area contributed by atoms with Crippen molar-refractivity contribution in [3.8, 4) is 5.75 Å². The van der Waals surface area contributed by atoms with Gasteiger partial charge in [-0.2, -0.15) is 0 Å². The van der Waals surface area contributed by atoms with E-state index in [0.717, 1.165) is 48.3 Å². The molecule has 3 heterocycles. The van der Waals surface area contributed by atoms with Gasteiger partial charge in [-0.3, -0.25) is 4.79 Å². The van der Waals surface area contributed by atoms with E-state index in [9.17, 15) is 9.18 Å². The molecule has 0 N–H and O–H groups in total. The largest absolute Gasteiger partial charge is 0.496 e. The fourth-order valence-corrected chi connectivity index (χ4v) is 4.99. The third-order valence-corrected chi connectivity index (χ3v) is 6.61. The number of halogens is 1. The maximum Gasteiger partial charge on any atom is 0.251 e. The van der Waals surface area contributed by atoms with Gasteiger partial charge in [0.25, 0.3) is 5.91 Å². The Morgan fingerprint density at radius 1 is 1.19 bits per heavy atom. The molecule has 0 bridgehead atoms. The molecule has 2 saturated heterocycles. The number of hydrogen-bond acceptors (Lipinski definition) is 4. The van der Waals surface area contributed by atoms with Gasteiger partial charge in [0.15, 0.2) is 0 Å². The van der Waals surface area contributed by atoms with Crippen LogP contribution in [0.5, 0.6) is 5.75 Å². The molecule has 1 atom stereocenters. The standard InChI is InChI=1S/C25H28FN3O3/c1-31-22-6-3-2-5-17(22)15-24-27-20-16-18(26)8-9-21(20)29(24)19-10-12-28(13-11-19)25(30)23-7-4-14-32-23/h2-3,5-6,8-9,16,19,23H,4,7,10-15H2,1H3. The molecule has 2 fully saturated rings. The number of rotatable bonds is 5. The first kappa shape index (κ1) is 20.9. The van der Waals surface area contributed by atoms with Crippen molar-refractivity contribution < 1.29 is 18.7 Å². The van der Waals surface area contributed by atoms with Gasteiger partial charge in [0.05, 0.1) is 18.1 Å². The molecule has 0 saturated carbocycles. The quantitative estimate of drug-likeness (QED) is 0.603. The minimum atomic E-state index is -0.289. The summed E-state index contributed by atoms with van der Waals surface area (Å²) in [5, 5.41) is 0. The maximum atomic E-state index is 13.9. The summed E-state index contributed by atoms with van der Waals surface area (Å²) in [5.41, 5.74) is 2.63. The zero-order chi connectivity index (χ0) is 22.1. The maximum absolute atomic E-state index is 13.9. The van der Waals surface area contributed by atoms with E-state index in [-0.39, 0.29) is 23.9 Å². The van der Waals surface area contributed by atoms with Crippen LogP contribution in [0.15, 0.2) is 42.5 Å². The Hall–Kier alpha value is -2.93. The Labute approximate surface area is 186 Å². The van der Waals surface area contributed by atoms with Crippen LogP contribution in [-0.4, -0.2) is 53.3 Å². The summed E-state index contributed by atoms with van der Waals surface area (Å²) in [5.74, 6) is 1.53. The molecule has 1 unspecified atom stereocenters. The first-order valence-electron chi connectivity index (χ1n) is 11.3. The van der Waals surface area contributed by atoms with Crippen LogP contribution in [0.25, 0.3) is 11.0 Å². The number of likely N-dealkylation sites (tertiary alicyclic amines) is 1. The van der Waals surface area contributed by atoms with Gasteiger partial charge in [0.1, 0.15) is 23.5 Å². The van der Waals surface area contributed by atoms with Crippen molar-refractivity contribution >= 4 is 16.9 Å². The molecule has 3 aromatic rings. The highest BCUT2D eigenvalue weighted by Gasteiger charge is 2.32. The molecular weight excluding hydrogens is 409 g/mol. The Morgan fingerprint density at radius 2 is 2.00 bits per heavy atom. The summed E-state index contributed by atoms with van der Waals surface area (Å²) in [6.07, 6.45) is 3.76. The van der Waals surface area contributed by atoms with Gasteiger partial charge in [0, 0.05) is 43.8 Å². The number of methoxy groups -OCH3 is 1. The fourth-order valence-electron chi connectivity index (χ4n) is 4.99. The summed E-state index contributed by atoms with van der Waals surface area (Å²) in [6, 6.07) is 12.9. The lowest BCUT2D eigenvalue weighted by molar-refractivity contribution is -0.142. The second kappa shape index (κ2) is 8.90. The van der Waals surface area contributed by atoms with Gasteiger partial charge < -0.3 is 18.9 Å². The molecular formula is C25H28FN3O3. The third kappa shape index (κ3) is 3.97. The Kier molecular flexibility index (Phi) is 5.83. The van der Waals surface area contributed by atoms with Crippen LogP contribution in [-0.2, 0) is 16.0 Å². The zero-order valence-electron chi connectivity index (χ0n) is 18.3. The van der Waals surface area contributed by atoms with E-state index in [4.69, 9.17) is 14.5 Å². The van der Waals surface area contributed by atoms with E-state index in [1.165, 1.54) is 12.1 Å². The number of ether oxygens (including phenoxy) is 2. The van der Waals surface area contributed by atoms with Crippen LogP contribution < -0.4 is 4.74 Å². The van der Waals surface area contributed by atoms with Crippen molar-refractivity contribution in [3.05, 3.63) is 59.7 Å². The number of hydrogen-bond donors (Lipinski definition) is 0. The van der Waals surface area contributed by atoms with E-state index in [0.29, 0.717) is 31.6 Å². The Bertz CT molecular complexity index is 1110. The molecule has 2 aliphatic heterocycles. The summed E-state index contributed by atoms with van der Waals surface area (Å²) < 4.78 is 27.3. The number of piperidine rings is 1. The molecule has 1 amide bonds. The van der Waals surface area contributed by atoms with Crippen molar-refractivity contribution in [3.63, 3.8) is 0 Å². The van der Waals surface area contributed by atoms with E-state index < -0.39 is 0 Å². The van der Waals surface area contributed by atoms with Crippen LogP contribution in [0, 0.1) is 5.82 Å². The third-order valence-electron chi connectivity index (χ3n) is 6.61. The number of nitrogens with zero attached hydrogens (tertiary/aromatic N) is 3. The Morgan fingerprint density at radius 3 is 2.75 bits per heavy atom. The normalized spacial score (nSPS) is 19.6. The number of carbonyl (C=O) groups excluding carboxylic acids is 1. The molecule has 0 aliphatic carbocycles. The Balaban J connectivity index is 1.42. The average molecular weight is 438 g/mol. The van der Waals surface area contributed by atoms with Crippen LogP contribution in [0.1, 0.15) is 43.1 Å². The first-order chi connectivity index (χ1) is 15.6. The number of fused-ring (bicyclic) bond motifs is 1. The predicted molar refractivity (Wildman–Crippen MR) is 119 cm³/mol. The van der Waals surface area contributed by atoms with Crippen LogP contribution >= 0.6 is 0 Å². The first-order valence-corrected chi connectivity index (χ1v) is 11.3. The van der Waals surface area contributed by atoms with Crippen LogP contribution in [0.2, 0.25) is 0 Å². The van der Waals surface area contributed by atoms with Crippen LogP contribution in [0.3, 0.4) is 0 Å². The van der Waals surface area contributed by atoms with Crippen molar-refractivity contribution in [2.24, 2.45) is 0 Å². The monoisotopic (exact) mass is 437 g/mol. The van der Waals surface area contributed by atoms with Gasteiger partial charge in [0.2, 0.25) is 0 Å². The zero-order valence-corrected chi connectivity index (χ0v) is 18.3. The lowest BCUT2D eigenvalue weighted by Crippen LogP contribution is -2.44. The molecule has 1 aromatic heterocycles. The minimum absolute atomic E-state index is 0.118. The SMILES string of the molecule is COc1ccccc1Cc1nc2cc(F)ccc2n1C1CCN(C(=O)C2CCCO2)CC1. The highest BCUT2D eigenvalue weighted by atomic mass is 19.1. The number of benzene rings is 2. The van der Waals surface area contributed by atoms with Crippen molar-refractivity contribution in [2.75, 3.05) is 26.8 Å². The highest BCUT2D eigenvalue weighted by molar-refractivity contribution is 5.81. The highest BCUT2D eigenvalue weighted by Crippen LogP contribution is 2.32. The number of carbonyl (C=O) groups is 1. The average Bonchev–Trinajstić information content (AvgIpc) is 3.47. The second-order valence-corrected chi connectivity index (χ2v) is 8.58. The molecule has 32 heavy (non-hydrogen) atoms. The fraction of sp³-hybridized carbons (Fsp3) is 0.440. The predicted octanol–water partition coefficient (Wildman–Crippen LogP) is 4.12. The van der Waals surface area contributed by atoms with E-state index in [1.807, 2.05) is 35.2 Å². The van der Waals surface area contributed by atoms with E-state index in [1.54, 1.807) is 7.11 Å². The molecule has 2 aromatic carbocycles. The molecule has 7 heteroatoms. The molecule has 168 valence electrons. The summed E-state index contributed by atoms with van der Waals surface area (Å²) in [7, 11) is 1.66. The molecule has 0 radical (unpaired) electrons. The van der Waals surface area contributed by atoms with Crippen molar-refractivity contribution in [2.45, 2.75) is 44.2 Å². The van der Waals surface area contributed by atoms with Gasteiger partial charge in [-0.25, -0.2) is 9.37 Å². The summed E-state index contributed by atoms with van der Waals surface area (Å²) >= 11 is 0. The van der Waals surface area contributed by atoms with Gasteiger partial charge in [-0.05, 0) is 43.9 Å². The second-order valence-electron chi connectivity index (χ2n) is 8.58. The molecule has 2 aliphatic rings. The number of aromatic nitrogens is 2. The number of para-hydroxylation sites is 1. The number of imidazole rings is 1. The van der Waals surface area contributed by atoms with Crippen molar-refractivity contribution in [1.29, 1.82) is 0 Å². The van der Waals surface area contributed by atoms with E-state index in [2.05, 4.69) is 4.57 Å². The minimum Gasteiger partial charge on any atom is -0.496 e. The number of amides is 1. The van der Waals surface area contributed by atoms with Crippen LogP contribution in [0.4, 0.5) is 4.39 Å². The topological polar surface area (TPSA) is 56.6 Å². The lowest BCUT2D eigenvalue weighted by Gasteiger charge is -2.34. The van der Waals surface area contributed by atoms with Gasteiger partial charge in [-0.15, -0.1) is 0 Å². The summed E-state index contributed by atoms with van der Waals surface area (Å²) in [6.45, 7) is 2.06. The smallest absolute Gasteiger partial charge is 0.251 e. The molecule has 5 rings (SSSR count). The van der Waals surface area contributed by atoms with E-state index >= 15 is 0 Å². The van der Waals surface area contributed by atoms with Gasteiger partial charge in [-0.1, -0.05) is 18.2 Å². The lowest BCUT2D eigenvalue weighted by atomic mass is 10.0. The molecule has 6 nitrogen and oxygen atoms in total.